The van der Waals surface area contributed by atoms with Crippen LogP contribution in [0.25, 0.3) is 16.9 Å². The number of aliphatic carboxylic acids is 1. The molecule has 0 saturated heterocycles. The van der Waals surface area contributed by atoms with Gasteiger partial charge in [0.25, 0.3) is 0 Å². The highest BCUT2D eigenvalue weighted by Gasteiger charge is 2.33. The predicted molar refractivity (Wildman–Crippen MR) is 116 cm³/mol. The number of hydrogen-bond donors (Lipinski definition) is 1. The lowest BCUT2D eigenvalue weighted by Crippen LogP contribution is -2.23. The van der Waals surface area contributed by atoms with Gasteiger partial charge in [-0.05, 0) is 31.2 Å². The van der Waals surface area contributed by atoms with Crippen molar-refractivity contribution >= 4 is 17.9 Å². The van der Waals surface area contributed by atoms with Crippen LogP contribution in [-0.4, -0.2) is 60.2 Å². The van der Waals surface area contributed by atoms with E-state index in [9.17, 15) is 19.5 Å². The van der Waals surface area contributed by atoms with Crippen molar-refractivity contribution in [1.82, 2.24) is 9.78 Å². The highest BCUT2D eigenvalue weighted by atomic mass is 16.5. The summed E-state index contributed by atoms with van der Waals surface area (Å²) in [5, 5.41) is 13.8. The van der Waals surface area contributed by atoms with Crippen molar-refractivity contribution in [2.45, 2.75) is 13.0 Å². The van der Waals surface area contributed by atoms with E-state index in [2.05, 4.69) is 5.10 Å². The molecule has 2 aromatic carbocycles. The van der Waals surface area contributed by atoms with Crippen LogP contribution >= 0.6 is 0 Å². The molecule has 0 spiro atoms. The summed E-state index contributed by atoms with van der Waals surface area (Å²) in [5.41, 5.74) is 0.402. The number of esters is 2. The number of para-hydroxylation sites is 2. The zero-order valence-electron chi connectivity index (χ0n) is 18.4. The molecule has 10 heteroatoms. The molecule has 3 aromatic rings. The van der Waals surface area contributed by atoms with Gasteiger partial charge in [0.2, 0.25) is 0 Å². The van der Waals surface area contributed by atoms with E-state index in [1.807, 2.05) is 0 Å². The molecule has 0 bridgehead atoms. The summed E-state index contributed by atoms with van der Waals surface area (Å²) in [5.74, 6) is -2.61. The first-order valence-corrected chi connectivity index (χ1v) is 9.75. The van der Waals surface area contributed by atoms with Crippen LogP contribution in [0.2, 0.25) is 0 Å². The van der Waals surface area contributed by atoms with Crippen LogP contribution in [0, 0.1) is 0 Å². The Morgan fingerprint density at radius 1 is 0.939 bits per heavy atom. The van der Waals surface area contributed by atoms with E-state index in [1.54, 1.807) is 48.5 Å². The van der Waals surface area contributed by atoms with Crippen molar-refractivity contribution < 1.29 is 38.4 Å². The highest BCUT2D eigenvalue weighted by Crippen LogP contribution is 2.41. The Morgan fingerprint density at radius 3 is 2.18 bits per heavy atom. The van der Waals surface area contributed by atoms with Crippen molar-refractivity contribution in [3.05, 3.63) is 59.8 Å². The van der Waals surface area contributed by atoms with Gasteiger partial charge >= 0.3 is 17.9 Å². The minimum absolute atomic E-state index is 0.0255. The normalized spacial score (nSPS) is 11.4. The van der Waals surface area contributed by atoms with Crippen LogP contribution in [0.15, 0.2) is 48.5 Å². The number of nitrogens with zero attached hydrogens (tertiary/aromatic N) is 2. The summed E-state index contributed by atoms with van der Waals surface area (Å²) in [6.07, 6.45) is -1.24. The highest BCUT2D eigenvalue weighted by molar-refractivity contribution is 6.07. The molecule has 10 nitrogen and oxygen atoms in total. The maximum atomic E-state index is 12.8. The number of aromatic nitrogens is 2. The van der Waals surface area contributed by atoms with Crippen LogP contribution < -0.4 is 9.47 Å². The van der Waals surface area contributed by atoms with Gasteiger partial charge in [-0.2, -0.15) is 5.10 Å². The SMILES string of the molecule is COC(=O)c1c(-c2cccc(OC)c2OC(C)C(=O)O)nn(-c2ccccc2)c1C(=O)OC. The molecule has 1 heterocycles. The van der Waals surface area contributed by atoms with Crippen LogP contribution in [0.5, 0.6) is 11.5 Å². The second-order valence-corrected chi connectivity index (χ2v) is 6.74. The van der Waals surface area contributed by atoms with Crippen LogP contribution in [0.4, 0.5) is 0 Å². The molecule has 1 unspecified atom stereocenters. The number of ether oxygens (including phenoxy) is 4. The molecule has 0 aliphatic heterocycles. The second-order valence-electron chi connectivity index (χ2n) is 6.74. The Hall–Kier alpha value is -4.34. The van der Waals surface area contributed by atoms with E-state index in [-0.39, 0.29) is 34.0 Å². The minimum Gasteiger partial charge on any atom is -0.493 e. The molecular formula is C23H22N2O8. The molecule has 0 radical (unpaired) electrons. The molecule has 172 valence electrons. The number of benzene rings is 2. The first-order valence-electron chi connectivity index (χ1n) is 9.75. The zero-order valence-corrected chi connectivity index (χ0v) is 18.4. The van der Waals surface area contributed by atoms with Gasteiger partial charge in [0.05, 0.1) is 27.0 Å². The van der Waals surface area contributed by atoms with Crippen molar-refractivity contribution in [1.29, 1.82) is 0 Å². The molecule has 0 saturated carbocycles. The number of carboxylic acids is 1. The van der Waals surface area contributed by atoms with Crippen molar-refractivity contribution in [2.75, 3.05) is 21.3 Å². The standard InChI is InChI=1S/C23H22N2O8/c1-13(21(26)27)33-20-15(11-8-12-16(20)30-2)18-17(22(28)31-3)19(23(29)32-4)25(24-18)14-9-6-5-7-10-14/h5-13H,1-4H3,(H,26,27). The van der Waals surface area contributed by atoms with E-state index in [1.165, 1.54) is 32.9 Å². The molecular weight excluding hydrogens is 432 g/mol. The number of hydrogen-bond acceptors (Lipinski definition) is 8. The predicted octanol–water partition coefficient (Wildman–Crippen LogP) is 2.97. The summed E-state index contributed by atoms with van der Waals surface area (Å²) in [6.45, 7) is 1.35. The lowest BCUT2D eigenvalue weighted by Gasteiger charge is -2.17. The fourth-order valence-electron chi connectivity index (χ4n) is 3.16. The van der Waals surface area contributed by atoms with E-state index in [0.717, 1.165) is 0 Å². The van der Waals surface area contributed by atoms with Gasteiger partial charge in [-0.1, -0.05) is 24.3 Å². The molecule has 1 aromatic heterocycles. The average Bonchev–Trinajstić information content (AvgIpc) is 3.24. The summed E-state index contributed by atoms with van der Waals surface area (Å²) < 4.78 is 22.1. The van der Waals surface area contributed by atoms with Gasteiger partial charge in [0, 0.05) is 5.56 Å². The molecule has 0 amide bonds. The Bertz CT molecular complexity index is 1190. The number of carboxylic acid groups (broad SMARTS) is 1. The Morgan fingerprint density at radius 2 is 1.61 bits per heavy atom. The number of carbonyl (C=O) groups is 3. The van der Waals surface area contributed by atoms with Gasteiger partial charge in [-0.15, -0.1) is 0 Å². The van der Waals surface area contributed by atoms with Crippen LogP contribution in [-0.2, 0) is 14.3 Å². The third kappa shape index (κ3) is 4.49. The fraction of sp³-hybridized carbons (Fsp3) is 0.217. The first kappa shape index (κ1) is 23.3. The smallest absolute Gasteiger partial charge is 0.357 e. The van der Waals surface area contributed by atoms with Crippen molar-refractivity contribution in [3.63, 3.8) is 0 Å². The number of rotatable bonds is 8. The number of carbonyl (C=O) groups excluding carboxylic acids is 2. The van der Waals surface area contributed by atoms with Gasteiger partial charge in [0.15, 0.2) is 23.3 Å². The third-order valence-electron chi connectivity index (χ3n) is 4.75. The van der Waals surface area contributed by atoms with Crippen LogP contribution in [0.3, 0.4) is 0 Å². The monoisotopic (exact) mass is 454 g/mol. The Balaban J connectivity index is 2.38. The molecule has 0 aliphatic carbocycles. The first-order chi connectivity index (χ1) is 15.8. The van der Waals surface area contributed by atoms with Crippen molar-refractivity contribution in [2.24, 2.45) is 0 Å². The molecule has 0 fully saturated rings. The average molecular weight is 454 g/mol. The van der Waals surface area contributed by atoms with Gasteiger partial charge in [0.1, 0.15) is 11.3 Å². The summed E-state index contributed by atoms with van der Waals surface area (Å²) in [7, 11) is 3.74. The second kappa shape index (κ2) is 9.86. The Kier molecular flexibility index (Phi) is 6.97. The Labute approximate surface area is 189 Å². The molecule has 1 atom stereocenters. The van der Waals surface area contributed by atoms with Crippen LogP contribution in [0.1, 0.15) is 27.8 Å². The maximum absolute atomic E-state index is 12.8. The lowest BCUT2D eigenvalue weighted by atomic mass is 10.0. The minimum atomic E-state index is -1.24. The molecule has 33 heavy (non-hydrogen) atoms. The topological polar surface area (TPSA) is 126 Å². The zero-order chi connectivity index (χ0) is 24.1. The quantitative estimate of drug-likeness (QED) is 0.511. The van der Waals surface area contributed by atoms with E-state index in [0.29, 0.717) is 5.69 Å². The summed E-state index contributed by atoms with van der Waals surface area (Å²) in [6, 6.07) is 13.4. The lowest BCUT2D eigenvalue weighted by molar-refractivity contribution is -0.144. The largest absolute Gasteiger partial charge is 0.493 e. The fourth-order valence-corrected chi connectivity index (χ4v) is 3.16. The van der Waals surface area contributed by atoms with E-state index >= 15 is 0 Å². The molecule has 0 aliphatic rings. The van der Waals surface area contributed by atoms with Gasteiger partial charge in [-0.3, -0.25) is 0 Å². The molecule has 1 N–H and O–H groups in total. The van der Waals surface area contributed by atoms with E-state index < -0.39 is 24.0 Å². The van der Waals surface area contributed by atoms with Crippen molar-refractivity contribution in [3.8, 4) is 28.4 Å². The van der Waals surface area contributed by atoms with E-state index in [4.69, 9.17) is 18.9 Å². The number of methoxy groups -OCH3 is 3. The molecule has 3 rings (SSSR count). The summed E-state index contributed by atoms with van der Waals surface area (Å²) in [4.78, 5) is 37.0. The maximum Gasteiger partial charge on any atom is 0.357 e. The third-order valence-corrected chi connectivity index (χ3v) is 4.75. The summed E-state index contributed by atoms with van der Waals surface area (Å²) >= 11 is 0. The van der Waals surface area contributed by atoms with Gasteiger partial charge < -0.3 is 24.1 Å². The van der Waals surface area contributed by atoms with Gasteiger partial charge in [-0.25, -0.2) is 19.1 Å².